The van der Waals surface area contributed by atoms with Crippen LogP contribution in [0.4, 0.5) is 0 Å². The highest BCUT2D eigenvalue weighted by atomic mass is 35.5. The van der Waals surface area contributed by atoms with Gasteiger partial charge in [0.1, 0.15) is 5.82 Å². The van der Waals surface area contributed by atoms with E-state index in [1.807, 2.05) is 12.1 Å². The largest absolute Gasteiger partial charge is 0.330 e. The van der Waals surface area contributed by atoms with E-state index in [0.717, 1.165) is 28.4 Å². The molecule has 4 rings (SSSR count). The minimum absolute atomic E-state index is 0.522. The Balaban J connectivity index is 1.56. The van der Waals surface area contributed by atoms with Crippen molar-refractivity contribution in [2.45, 2.75) is 19.4 Å². The first-order valence-corrected chi connectivity index (χ1v) is 8.07. The van der Waals surface area contributed by atoms with Crippen molar-refractivity contribution in [3.8, 4) is 0 Å². The molecule has 2 aliphatic heterocycles. The predicted octanol–water partition coefficient (Wildman–Crippen LogP) is 2.41. The van der Waals surface area contributed by atoms with Crippen LogP contribution in [-0.4, -0.2) is 40.6 Å². The lowest BCUT2D eigenvalue weighted by molar-refractivity contribution is 0.262. The summed E-state index contributed by atoms with van der Waals surface area (Å²) in [5, 5.41) is 4.27. The molecule has 4 nitrogen and oxygen atoms in total. The van der Waals surface area contributed by atoms with Gasteiger partial charge in [-0.15, -0.1) is 0 Å². The second-order valence-corrected chi connectivity index (χ2v) is 7.04. The van der Waals surface area contributed by atoms with Crippen LogP contribution in [0.1, 0.15) is 18.7 Å². The van der Waals surface area contributed by atoms with Crippen LogP contribution in [0, 0.1) is 5.41 Å². The average Bonchev–Trinajstić information content (AvgIpc) is 3.14. The van der Waals surface area contributed by atoms with Crippen LogP contribution in [0.3, 0.4) is 0 Å². The van der Waals surface area contributed by atoms with E-state index in [1.54, 1.807) is 0 Å². The average molecular weight is 305 g/mol. The predicted molar refractivity (Wildman–Crippen MR) is 85.5 cm³/mol. The standard InChI is InChI=1S/C16H21ClN4/c1-20-14-3-2-12(17)8-13(14)19-15(20)9-21-7-5-16(11-21)4-6-18-10-16/h2-3,8,18H,4-7,9-11H2,1H3. The first kappa shape index (κ1) is 13.6. The Morgan fingerprint density at radius 1 is 1.38 bits per heavy atom. The molecule has 1 unspecified atom stereocenters. The van der Waals surface area contributed by atoms with E-state index in [2.05, 4.69) is 27.9 Å². The van der Waals surface area contributed by atoms with Gasteiger partial charge in [0.25, 0.3) is 0 Å². The molecule has 2 aromatic rings. The minimum atomic E-state index is 0.522. The smallest absolute Gasteiger partial charge is 0.123 e. The highest BCUT2D eigenvalue weighted by Gasteiger charge is 2.40. The summed E-state index contributed by atoms with van der Waals surface area (Å²) in [6, 6.07) is 5.94. The van der Waals surface area contributed by atoms with Crippen LogP contribution in [0.25, 0.3) is 11.0 Å². The third-order valence-corrected chi connectivity index (χ3v) is 5.39. The maximum atomic E-state index is 6.07. The van der Waals surface area contributed by atoms with E-state index in [4.69, 9.17) is 16.6 Å². The number of hydrogen-bond donors (Lipinski definition) is 1. The molecule has 1 N–H and O–H groups in total. The maximum absolute atomic E-state index is 6.07. The molecule has 2 saturated heterocycles. The lowest BCUT2D eigenvalue weighted by Crippen LogP contribution is -2.29. The fourth-order valence-corrected chi connectivity index (χ4v) is 4.04. The third kappa shape index (κ3) is 2.35. The number of fused-ring (bicyclic) bond motifs is 1. The lowest BCUT2D eigenvalue weighted by atomic mass is 9.87. The number of nitrogens with one attached hydrogen (secondary N) is 1. The van der Waals surface area contributed by atoms with Crippen LogP contribution in [0.2, 0.25) is 5.02 Å². The first-order chi connectivity index (χ1) is 10.2. The Hall–Kier alpha value is -1.10. The number of hydrogen-bond acceptors (Lipinski definition) is 3. The topological polar surface area (TPSA) is 33.1 Å². The molecule has 112 valence electrons. The molecule has 1 aromatic carbocycles. The van der Waals surface area contributed by atoms with E-state index in [9.17, 15) is 0 Å². The van der Waals surface area contributed by atoms with Crippen molar-refractivity contribution in [3.05, 3.63) is 29.0 Å². The third-order valence-electron chi connectivity index (χ3n) is 5.15. The number of halogens is 1. The Morgan fingerprint density at radius 3 is 3.10 bits per heavy atom. The first-order valence-electron chi connectivity index (χ1n) is 7.69. The molecule has 5 heteroatoms. The van der Waals surface area contributed by atoms with Gasteiger partial charge in [0, 0.05) is 25.2 Å². The van der Waals surface area contributed by atoms with E-state index < -0.39 is 0 Å². The highest BCUT2D eigenvalue weighted by Crippen LogP contribution is 2.36. The zero-order valence-corrected chi connectivity index (χ0v) is 13.2. The lowest BCUT2D eigenvalue weighted by Gasteiger charge is -2.22. The quantitative estimate of drug-likeness (QED) is 0.925. The van der Waals surface area contributed by atoms with Crippen molar-refractivity contribution < 1.29 is 0 Å². The fraction of sp³-hybridized carbons (Fsp3) is 0.562. The van der Waals surface area contributed by atoms with Gasteiger partial charge in [-0.2, -0.15) is 0 Å². The molecular formula is C16H21ClN4. The van der Waals surface area contributed by atoms with Crippen molar-refractivity contribution in [3.63, 3.8) is 0 Å². The van der Waals surface area contributed by atoms with Crippen LogP contribution in [0.15, 0.2) is 18.2 Å². The molecule has 0 aliphatic carbocycles. The van der Waals surface area contributed by atoms with Gasteiger partial charge in [0.05, 0.1) is 17.6 Å². The molecule has 1 aromatic heterocycles. The maximum Gasteiger partial charge on any atom is 0.123 e. The van der Waals surface area contributed by atoms with Crippen LogP contribution in [-0.2, 0) is 13.6 Å². The van der Waals surface area contributed by atoms with Crippen molar-refractivity contribution in [2.75, 3.05) is 26.2 Å². The van der Waals surface area contributed by atoms with Crippen molar-refractivity contribution in [2.24, 2.45) is 12.5 Å². The van der Waals surface area contributed by atoms with Crippen LogP contribution < -0.4 is 5.32 Å². The fourth-order valence-electron chi connectivity index (χ4n) is 3.87. The summed E-state index contributed by atoms with van der Waals surface area (Å²) >= 11 is 6.07. The summed E-state index contributed by atoms with van der Waals surface area (Å²) in [6.07, 6.45) is 2.64. The van der Waals surface area contributed by atoms with Gasteiger partial charge in [0.2, 0.25) is 0 Å². The molecule has 1 spiro atoms. The summed E-state index contributed by atoms with van der Waals surface area (Å²) < 4.78 is 2.20. The molecule has 0 bridgehead atoms. The number of likely N-dealkylation sites (tertiary alicyclic amines) is 1. The minimum Gasteiger partial charge on any atom is -0.330 e. The zero-order valence-electron chi connectivity index (χ0n) is 12.4. The van der Waals surface area contributed by atoms with E-state index in [-0.39, 0.29) is 0 Å². The summed E-state index contributed by atoms with van der Waals surface area (Å²) in [7, 11) is 2.10. The van der Waals surface area contributed by atoms with Crippen molar-refractivity contribution in [1.29, 1.82) is 0 Å². The van der Waals surface area contributed by atoms with Gasteiger partial charge in [-0.3, -0.25) is 4.90 Å². The Kier molecular flexibility index (Phi) is 3.21. The van der Waals surface area contributed by atoms with E-state index in [0.29, 0.717) is 5.41 Å². The molecule has 21 heavy (non-hydrogen) atoms. The number of imidazole rings is 1. The Morgan fingerprint density at radius 2 is 2.29 bits per heavy atom. The zero-order chi connectivity index (χ0) is 14.4. The van der Waals surface area contributed by atoms with E-state index >= 15 is 0 Å². The Bertz CT molecular complexity index is 672. The molecule has 0 radical (unpaired) electrons. The normalized spacial score (nSPS) is 26.4. The number of benzene rings is 1. The number of rotatable bonds is 2. The van der Waals surface area contributed by atoms with Crippen LogP contribution in [0.5, 0.6) is 0 Å². The van der Waals surface area contributed by atoms with Gasteiger partial charge in [0.15, 0.2) is 0 Å². The number of nitrogens with zero attached hydrogens (tertiary/aromatic N) is 3. The van der Waals surface area contributed by atoms with Gasteiger partial charge < -0.3 is 9.88 Å². The van der Waals surface area contributed by atoms with Gasteiger partial charge >= 0.3 is 0 Å². The molecule has 0 saturated carbocycles. The highest BCUT2D eigenvalue weighted by molar-refractivity contribution is 6.31. The Labute approximate surface area is 130 Å². The molecule has 0 amide bonds. The second kappa shape index (κ2) is 4.97. The number of aromatic nitrogens is 2. The van der Waals surface area contributed by atoms with Crippen molar-refractivity contribution >= 4 is 22.6 Å². The summed E-state index contributed by atoms with van der Waals surface area (Å²) in [5.74, 6) is 1.13. The molecular weight excluding hydrogens is 284 g/mol. The van der Waals surface area contributed by atoms with Gasteiger partial charge in [-0.05, 0) is 49.5 Å². The molecule has 1 atom stereocenters. The molecule has 3 heterocycles. The van der Waals surface area contributed by atoms with Gasteiger partial charge in [-0.1, -0.05) is 11.6 Å². The SMILES string of the molecule is Cn1c(CN2CCC3(CCNC3)C2)nc2cc(Cl)ccc21. The van der Waals surface area contributed by atoms with Gasteiger partial charge in [-0.25, -0.2) is 4.98 Å². The summed E-state index contributed by atoms with van der Waals surface area (Å²) in [4.78, 5) is 7.32. The second-order valence-electron chi connectivity index (χ2n) is 6.61. The van der Waals surface area contributed by atoms with Crippen molar-refractivity contribution in [1.82, 2.24) is 19.8 Å². The molecule has 2 fully saturated rings. The summed E-state index contributed by atoms with van der Waals surface area (Å²) in [6.45, 7) is 5.68. The van der Waals surface area contributed by atoms with E-state index in [1.165, 1.54) is 39.0 Å². The number of aryl methyl sites for hydroxylation is 1. The monoisotopic (exact) mass is 304 g/mol. The summed E-state index contributed by atoms with van der Waals surface area (Å²) in [5.41, 5.74) is 2.68. The van der Waals surface area contributed by atoms with Crippen LogP contribution >= 0.6 is 11.6 Å². The molecule has 2 aliphatic rings.